The average molecular weight is 325 g/mol. The van der Waals surface area contributed by atoms with Crippen molar-refractivity contribution in [3.05, 3.63) is 29.3 Å². The topological polar surface area (TPSA) is 91.8 Å². The van der Waals surface area contributed by atoms with Crippen molar-refractivity contribution in [1.29, 1.82) is 0 Å². The monoisotopic (exact) mass is 325 g/mol. The molecule has 22 heavy (non-hydrogen) atoms. The highest BCUT2D eigenvalue weighted by Crippen LogP contribution is 2.24. The Morgan fingerprint density at radius 1 is 1.36 bits per heavy atom. The Labute approximate surface area is 129 Å². The first kappa shape index (κ1) is 16.5. The Kier molecular flexibility index (Phi) is 4.55. The molecule has 1 aromatic carbocycles. The predicted octanol–water partition coefficient (Wildman–Crippen LogP) is 1.48. The van der Waals surface area contributed by atoms with Crippen molar-refractivity contribution in [1.82, 2.24) is 4.90 Å². The van der Waals surface area contributed by atoms with Crippen LogP contribution in [0.2, 0.25) is 0 Å². The van der Waals surface area contributed by atoms with E-state index in [4.69, 9.17) is 5.11 Å². The van der Waals surface area contributed by atoms with Gasteiger partial charge in [-0.15, -0.1) is 0 Å². The Morgan fingerprint density at radius 3 is 2.64 bits per heavy atom. The van der Waals surface area contributed by atoms with Gasteiger partial charge in [0.25, 0.3) is 5.91 Å². The van der Waals surface area contributed by atoms with Gasteiger partial charge >= 0.3 is 5.97 Å². The van der Waals surface area contributed by atoms with Crippen molar-refractivity contribution >= 4 is 21.7 Å². The number of benzene rings is 1. The standard InChI is InChI=1S/C15H19NO5S/c1-10-5-6-11(8-13(10)22(2,20)21)15(19)16-7-3-4-12(16)9-14(17)18/h5-6,8,12H,3-4,7,9H2,1-2H3,(H,17,18). The first-order valence-corrected chi connectivity index (χ1v) is 8.93. The minimum atomic E-state index is -3.41. The number of hydrogen-bond donors (Lipinski definition) is 1. The number of carboxylic acids is 1. The van der Waals surface area contributed by atoms with Crippen LogP contribution in [-0.4, -0.2) is 49.1 Å². The molecule has 1 unspecified atom stereocenters. The van der Waals surface area contributed by atoms with Gasteiger partial charge in [0, 0.05) is 24.4 Å². The molecule has 2 rings (SSSR count). The van der Waals surface area contributed by atoms with Crippen LogP contribution in [0.4, 0.5) is 0 Å². The summed E-state index contributed by atoms with van der Waals surface area (Å²) in [6.45, 7) is 2.17. The van der Waals surface area contributed by atoms with Gasteiger partial charge in [-0.05, 0) is 37.5 Å². The molecule has 0 saturated carbocycles. The van der Waals surface area contributed by atoms with E-state index in [1.54, 1.807) is 19.1 Å². The van der Waals surface area contributed by atoms with E-state index >= 15 is 0 Å². The lowest BCUT2D eigenvalue weighted by Crippen LogP contribution is -2.36. The molecular formula is C15H19NO5S. The fourth-order valence-electron chi connectivity index (χ4n) is 2.82. The van der Waals surface area contributed by atoms with E-state index in [9.17, 15) is 18.0 Å². The highest BCUT2D eigenvalue weighted by Gasteiger charge is 2.31. The number of amides is 1. The number of hydrogen-bond acceptors (Lipinski definition) is 4. The van der Waals surface area contributed by atoms with Crippen molar-refractivity contribution in [3.8, 4) is 0 Å². The molecule has 0 spiro atoms. The Bertz CT molecular complexity index is 711. The molecule has 1 atom stereocenters. The molecule has 1 amide bonds. The SMILES string of the molecule is Cc1ccc(C(=O)N2CCCC2CC(=O)O)cc1S(C)(=O)=O. The molecule has 1 aliphatic heterocycles. The number of nitrogens with zero attached hydrogens (tertiary/aromatic N) is 1. The fourth-order valence-corrected chi connectivity index (χ4v) is 3.81. The average Bonchev–Trinajstić information content (AvgIpc) is 2.84. The van der Waals surface area contributed by atoms with Crippen LogP contribution in [0.15, 0.2) is 23.1 Å². The largest absolute Gasteiger partial charge is 0.481 e. The second-order valence-corrected chi connectivity index (χ2v) is 7.63. The van der Waals surface area contributed by atoms with Crippen molar-refractivity contribution in [2.75, 3.05) is 12.8 Å². The summed E-state index contributed by atoms with van der Waals surface area (Å²) >= 11 is 0. The number of rotatable bonds is 4. The Balaban J connectivity index is 2.32. The summed E-state index contributed by atoms with van der Waals surface area (Å²) in [4.78, 5) is 25.1. The highest BCUT2D eigenvalue weighted by molar-refractivity contribution is 7.90. The Morgan fingerprint density at radius 2 is 2.05 bits per heavy atom. The molecule has 7 heteroatoms. The smallest absolute Gasteiger partial charge is 0.305 e. The number of sulfone groups is 1. The summed E-state index contributed by atoms with van der Waals surface area (Å²) in [5.41, 5.74) is 0.867. The van der Waals surface area contributed by atoms with Gasteiger partial charge in [-0.25, -0.2) is 8.42 Å². The van der Waals surface area contributed by atoms with E-state index in [0.29, 0.717) is 18.5 Å². The zero-order valence-electron chi connectivity index (χ0n) is 12.6. The van der Waals surface area contributed by atoms with E-state index in [1.807, 2.05) is 0 Å². The minimum Gasteiger partial charge on any atom is -0.481 e. The fraction of sp³-hybridized carbons (Fsp3) is 0.467. The number of carboxylic acid groups (broad SMARTS) is 1. The number of likely N-dealkylation sites (tertiary alicyclic amines) is 1. The molecular weight excluding hydrogens is 306 g/mol. The van der Waals surface area contributed by atoms with Crippen molar-refractivity contribution in [2.24, 2.45) is 0 Å². The molecule has 6 nitrogen and oxygen atoms in total. The lowest BCUT2D eigenvalue weighted by atomic mass is 10.1. The van der Waals surface area contributed by atoms with Gasteiger partial charge in [-0.2, -0.15) is 0 Å². The Hall–Kier alpha value is -1.89. The van der Waals surface area contributed by atoms with Crippen molar-refractivity contribution in [3.63, 3.8) is 0 Å². The minimum absolute atomic E-state index is 0.0868. The summed E-state index contributed by atoms with van der Waals surface area (Å²) in [5, 5.41) is 8.91. The zero-order chi connectivity index (χ0) is 16.5. The van der Waals surface area contributed by atoms with Crippen LogP contribution < -0.4 is 0 Å². The molecule has 1 fully saturated rings. The van der Waals surface area contributed by atoms with Crippen LogP contribution >= 0.6 is 0 Å². The third-order valence-corrected chi connectivity index (χ3v) is 5.12. The van der Waals surface area contributed by atoms with Crippen LogP contribution in [-0.2, 0) is 14.6 Å². The lowest BCUT2D eigenvalue weighted by molar-refractivity contribution is -0.137. The van der Waals surface area contributed by atoms with E-state index < -0.39 is 15.8 Å². The van der Waals surface area contributed by atoms with E-state index in [2.05, 4.69) is 0 Å². The van der Waals surface area contributed by atoms with Gasteiger partial charge in [-0.1, -0.05) is 6.07 Å². The predicted molar refractivity (Wildman–Crippen MR) is 80.6 cm³/mol. The molecule has 120 valence electrons. The number of aliphatic carboxylic acids is 1. The maximum Gasteiger partial charge on any atom is 0.305 e. The first-order valence-electron chi connectivity index (χ1n) is 7.03. The highest BCUT2D eigenvalue weighted by atomic mass is 32.2. The molecule has 1 heterocycles. The van der Waals surface area contributed by atoms with Crippen LogP contribution in [0, 0.1) is 6.92 Å². The molecule has 0 aliphatic carbocycles. The van der Waals surface area contributed by atoms with Gasteiger partial charge in [0.05, 0.1) is 11.3 Å². The van der Waals surface area contributed by atoms with Crippen LogP contribution in [0.3, 0.4) is 0 Å². The van der Waals surface area contributed by atoms with Gasteiger partial charge < -0.3 is 10.0 Å². The molecule has 1 saturated heterocycles. The summed E-state index contributed by atoms with van der Waals surface area (Å²) in [6.07, 6.45) is 2.43. The van der Waals surface area contributed by atoms with Crippen molar-refractivity contribution in [2.45, 2.75) is 37.1 Å². The van der Waals surface area contributed by atoms with Gasteiger partial charge in [-0.3, -0.25) is 9.59 Å². The molecule has 0 radical (unpaired) electrons. The van der Waals surface area contributed by atoms with Gasteiger partial charge in [0.2, 0.25) is 0 Å². The van der Waals surface area contributed by atoms with E-state index in [-0.39, 0.29) is 28.8 Å². The molecule has 1 aliphatic rings. The molecule has 1 aromatic rings. The third kappa shape index (κ3) is 3.47. The maximum atomic E-state index is 12.6. The van der Waals surface area contributed by atoms with Crippen LogP contribution in [0.1, 0.15) is 35.2 Å². The lowest BCUT2D eigenvalue weighted by Gasteiger charge is -2.24. The quantitative estimate of drug-likeness (QED) is 0.905. The molecule has 0 bridgehead atoms. The molecule has 1 N–H and O–H groups in total. The maximum absolute atomic E-state index is 12.6. The van der Waals surface area contributed by atoms with Crippen LogP contribution in [0.5, 0.6) is 0 Å². The van der Waals surface area contributed by atoms with E-state index in [0.717, 1.165) is 12.7 Å². The number of carbonyl (C=O) groups is 2. The normalized spacial score (nSPS) is 18.5. The second-order valence-electron chi connectivity index (χ2n) is 5.64. The summed E-state index contributed by atoms with van der Waals surface area (Å²) < 4.78 is 23.5. The number of aryl methyl sites for hydroxylation is 1. The van der Waals surface area contributed by atoms with Crippen molar-refractivity contribution < 1.29 is 23.1 Å². The van der Waals surface area contributed by atoms with Gasteiger partial charge in [0.15, 0.2) is 9.84 Å². The summed E-state index contributed by atoms with van der Waals surface area (Å²) in [5.74, 6) is -1.25. The third-order valence-electron chi connectivity index (χ3n) is 3.88. The summed E-state index contributed by atoms with van der Waals surface area (Å²) in [6, 6.07) is 4.24. The molecule has 0 aromatic heterocycles. The zero-order valence-corrected chi connectivity index (χ0v) is 13.4. The summed E-state index contributed by atoms with van der Waals surface area (Å²) in [7, 11) is -3.41. The second kappa shape index (κ2) is 6.08. The number of carbonyl (C=O) groups excluding carboxylic acids is 1. The first-order chi connectivity index (χ1) is 10.2. The van der Waals surface area contributed by atoms with Crippen LogP contribution in [0.25, 0.3) is 0 Å². The van der Waals surface area contributed by atoms with E-state index in [1.165, 1.54) is 11.0 Å². The van der Waals surface area contributed by atoms with Gasteiger partial charge in [0.1, 0.15) is 0 Å².